The number of allylic oxidation sites excluding steroid dienone is 2. The fourth-order valence-corrected chi connectivity index (χ4v) is 2.18. The number of hydrogen-bond donors (Lipinski definition) is 0. The largest absolute Gasteiger partial charge is 0.103 e. The summed E-state index contributed by atoms with van der Waals surface area (Å²) in [6.07, 6.45) is 7.34. The van der Waals surface area contributed by atoms with E-state index in [-0.39, 0.29) is 0 Å². The summed E-state index contributed by atoms with van der Waals surface area (Å²) in [6, 6.07) is 0. The highest BCUT2D eigenvalue weighted by molar-refractivity contribution is 5.02. The van der Waals surface area contributed by atoms with Crippen LogP contribution in [0.15, 0.2) is 24.8 Å². The molecule has 0 saturated heterocycles. The second-order valence-electron chi connectivity index (χ2n) is 3.67. The van der Waals surface area contributed by atoms with Gasteiger partial charge in [-0.3, -0.25) is 0 Å². The zero-order valence-corrected chi connectivity index (χ0v) is 7.47. The average Bonchev–Trinajstić information content (AvgIpc) is 2.36. The predicted octanol–water partition coefficient (Wildman–Crippen LogP) is 3.55. The van der Waals surface area contributed by atoms with Crippen LogP contribution in [0.4, 0.5) is 0 Å². The Hall–Kier alpha value is -0.520. The van der Waals surface area contributed by atoms with E-state index < -0.39 is 0 Å². The van der Waals surface area contributed by atoms with Gasteiger partial charge in [0.15, 0.2) is 0 Å². The summed E-state index contributed by atoms with van der Waals surface area (Å²) in [5, 5.41) is 0. The van der Waals surface area contributed by atoms with Gasteiger partial charge in [0.2, 0.25) is 0 Å². The van der Waals surface area contributed by atoms with E-state index in [2.05, 4.69) is 20.1 Å². The molecule has 1 saturated carbocycles. The van der Waals surface area contributed by atoms with Gasteiger partial charge in [-0.2, -0.15) is 0 Å². The zero-order chi connectivity index (χ0) is 8.27. The fraction of sp³-hybridized carbons (Fsp3) is 0.636. The molecule has 62 valence electrons. The molecule has 0 spiro atoms. The fourth-order valence-electron chi connectivity index (χ4n) is 2.18. The Labute approximate surface area is 70.0 Å². The van der Waals surface area contributed by atoms with Gasteiger partial charge in [-0.25, -0.2) is 0 Å². The van der Waals surface area contributed by atoms with Crippen LogP contribution in [-0.4, -0.2) is 0 Å². The zero-order valence-electron chi connectivity index (χ0n) is 7.47. The summed E-state index contributed by atoms with van der Waals surface area (Å²) in [6.45, 7) is 9.98. The SMILES string of the molecule is C=CC[C@@H]1CCC[C@H]1C(=C)C. The summed E-state index contributed by atoms with van der Waals surface area (Å²) >= 11 is 0. The Kier molecular flexibility index (Phi) is 2.92. The third-order valence-electron chi connectivity index (χ3n) is 2.76. The molecule has 1 fully saturated rings. The minimum atomic E-state index is 0.785. The van der Waals surface area contributed by atoms with Crippen LogP contribution in [0, 0.1) is 11.8 Å². The van der Waals surface area contributed by atoms with Gasteiger partial charge < -0.3 is 0 Å². The quantitative estimate of drug-likeness (QED) is 0.540. The van der Waals surface area contributed by atoms with E-state index in [4.69, 9.17) is 0 Å². The summed E-state index contributed by atoms with van der Waals surface area (Å²) in [5.41, 5.74) is 1.37. The molecule has 2 atom stereocenters. The molecule has 11 heavy (non-hydrogen) atoms. The highest BCUT2D eigenvalue weighted by atomic mass is 14.3. The topological polar surface area (TPSA) is 0 Å². The standard InChI is InChI=1S/C11H18/c1-4-6-10-7-5-8-11(10)9(2)3/h4,10-11H,1-2,5-8H2,3H3/t10-,11+/m1/s1. The molecule has 0 radical (unpaired) electrons. The van der Waals surface area contributed by atoms with Crippen LogP contribution in [0.5, 0.6) is 0 Å². The molecular formula is C11H18. The third kappa shape index (κ3) is 1.95. The van der Waals surface area contributed by atoms with Gasteiger partial charge in [0.05, 0.1) is 0 Å². The first-order valence-electron chi connectivity index (χ1n) is 4.52. The van der Waals surface area contributed by atoms with Crippen LogP contribution >= 0.6 is 0 Å². The smallest absolute Gasteiger partial charge is 0.0177 e. The molecule has 0 aromatic heterocycles. The van der Waals surface area contributed by atoms with Crippen molar-refractivity contribution in [2.24, 2.45) is 11.8 Å². The molecule has 0 unspecified atom stereocenters. The molecule has 0 aliphatic heterocycles. The van der Waals surface area contributed by atoms with Gasteiger partial charge in [-0.15, -0.1) is 6.58 Å². The van der Waals surface area contributed by atoms with Crippen molar-refractivity contribution in [2.75, 3.05) is 0 Å². The normalized spacial score (nSPS) is 30.3. The van der Waals surface area contributed by atoms with Gasteiger partial charge in [-0.1, -0.05) is 24.6 Å². The van der Waals surface area contributed by atoms with Crippen LogP contribution < -0.4 is 0 Å². The molecule has 1 rings (SSSR count). The van der Waals surface area contributed by atoms with Gasteiger partial charge >= 0.3 is 0 Å². The van der Waals surface area contributed by atoms with Crippen molar-refractivity contribution in [2.45, 2.75) is 32.6 Å². The molecule has 0 nitrogen and oxygen atoms in total. The van der Waals surface area contributed by atoms with Crippen molar-refractivity contribution in [3.63, 3.8) is 0 Å². The molecule has 0 heteroatoms. The van der Waals surface area contributed by atoms with Crippen molar-refractivity contribution >= 4 is 0 Å². The van der Waals surface area contributed by atoms with E-state index >= 15 is 0 Å². The van der Waals surface area contributed by atoms with Crippen molar-refractivity contribution in [1.82, 2.24) is 0 Å². The van der Waals surface area contributed by atoms with Crippen molar-refractivity contribution < 1.29 is 0 Å². The van der Waals surface area contributed by atoms with E-state index in [0.29, 0.717) is 0 Å². The predicted molar refractivity (Wildman–Crippen MR) is 50.5 cm³/mol. The molecule has 0 heterocycles. The summed E-state index contributed by atoms with van der Waals surface area (Å²) in [5.74, 6) is 1.64. The molecule has 1 aliphatic rings. The van der Waals surface area contributed by atoms with E-state index in [1.54, 1.807) is 0 Å². The summed E-state index contributed by atoms with van der Waals surface area (Å²) in [4.78, 5) is 0. The first kappa shape index (κ1) is 8.58. The summed E-state index contributed by atoms with van der Waals surface area (Å²) in [7, 11) is 0. The van der Waals surface area contributed by atoms with Crippen molar-refractivity contribution in [3.8, 4) is 0 Å². The Balaban J connectivity index is 2.50. The highest BCUT2D eigenvalue weighted by Crippen LogP contribution is 2.37. The third-order valence-corrected chi connectivity index (χ3v) is 2.76. The second kappa shape index (κ2) is 3.75. The lowest BCUT2D eigenvalue weighted by atomic mass is 9.88. The maximum atomic E-state index is 4.04. The lowest BCUT2D eigenvalue weighted by Crippen LogP contribution is -2.07. The van der Waals surface area contributed by atoms with Crippen LogP contribution in [0.2, 0.25) is 0 Å². The molecule has 0 amide bonds. The van der Waals surface area contributed by atoms with E-state index in [1.165, 1.54) is 31.3 Å². The molecular weight excluding hydrogens is 132 g/mol. The lowest BCUT2D eigenvalue weighted by Gasteiger charge is -2.17. The molecule has 0 bridgehead atoms. The molecule has 0 N–H and O–H groups in total. The Morgan fingerprint density at radius 3 is 2.82 bits per heavy atom. The van der Waals surface area contributed by atoms with Crippen molar-refractivity contribution in [3.05, 3.63) is 24.8 Å². The van der Waals surface area contributed by atoms with Crippen LogP contribution in [-0.2, 0) is 0 Å². The Morgan fingerprint density at radius 2 is 2.27 bits per heavy atom. The van der Waals surface area contributed by atoms with Crippen molar-refractivity contribution in [1.29, 1.82) is 0 Å². The minimum Gasteiger partial charge on any atom is -0.103 e. The Bertz CT molecular complexity index is 155. The second-order valence-corrected chi connectivity index (χ2v) is 3.67. The first-order valence-corrected chi connectivity index (χ1v) is 4.52. The van der Waals surface area contributed by atoms with E-state index in [1.807, 2.05) is 6.08 Å². The van der Waals surface area contributed by atoms with E-state index in [9.17, 15) is 0 Å². The molecule has 0 aromatic carbocycles. The van der Waals surface area contributed by atoms with Gasteiger partial charge in [0.1, 0.15) is 0 Å². The van der Waals surface area contributed by atoms with Crippen LogP contribution in [0.3, 0.4) is 0 Å². The van der Waals surface area contributed by atoms with Gasteiger partial charge in [-0.05, 0) is 38.0 Å². The number of hydrogen-bond acceptors (Lipinski definition) is 0. The maximum Gasteiger partial charge on any atom is -0.0177 e. The van der Waals surface area contributed by atoms with Crippen LogP contribution in [0.1, 0.15) is 32.6 Å². The van der Waals surface area contributed by atoms with Gasteiger partial charge in [0, 0.05) is 0 Å². The first-order chi connectivity index (χ1) is 5.25. The van der Waals surface area contributed by atoms with E-state index in [0.717, 1.165) is 11.8 Å². The molecule has 1 aliphatic carbocycles. The average molecular weight is 150 g/mol. The summed E-state index contributed by atoms with van der Waals surface area (Å²) < 4.78 is 0. The lowest BCUT2D eigenvalue weighted by molar-refractivity contribution is 0.445. The highest BCUT2D eigenvalue weighted by Gasteiger charge is 2.25. The van der Waals surface area contributed by atoms with Gasteiger partial charge in [0.25, 0.3) is 0 Å². The Morgan fingerprint density at radius 1 is 1.55 bits per heavy atom. The number of rotatable bonds is 3. The minimum absolute atomic E-state index is 0.785. The molecule has 0 aromatic rings. The maximum absolute atomic E-state index is 4.04. The van der Waals surface area contributed by atoms with Crippen LogP contribution in [0.25, 0.3) is 0 Å². The monoisotopic (exact) mass is 150 g/mol.